The number of hydrogen-bond acceptors (Lipinski definition) is 7. The van der Waals surface area contributed by atoms with Gasteiger partial charge in [-0.05, 0) is 33.3 Å². The number of ether oxygens (including phenoxy) is 2. The molecule has 0 aliphatic rings. The molecule has 1 N–H and O–H groups in total. The summed E-state index contributed by atoms with van der Waals surface area (Å²) in [5.74, 6) is -1.77. The second-order valence-corrected chi connectivity index (χ2v) is 7.28. The molecule has 0 atom stereocenters. The maximum absolute atomic E-state index is 12.6. The van der Waals surface area contributed by atoms with E-state index in [-0.39, 0.29) is 38.9 Å². The van der Waals surface area contributed by atoms with Crippen LogP contribution in [0.3, 0.4) is 0 Å². The molecule has 2 aromatic rings. The molecule has 0 fully saturated rings. The van der Waals surface area contributed by atoms with Crippen molar-refractivity contribution in [3.8, 4) is 0 Å². The Balaban J connectivity index is 2.47. The number of aromatic nitrogens is 2. The molecule has 2 heterocycles. The van der Waals surface area contributed by atoms with Crippen molar-refractivity contribution >= 4 is 45.8 Å². The number of hydrogen-bond donors (Lipinski definition) is 1. The van der Waals surface area contributed by atoms with Crippen LogP contribution in [0.1, 0.15) is 56.9 Å². The van der Waals surface area contributed by atoms with E-state index in [4.69, 9.17) is 21.1 Å². The third kappa shape index (κ3) is 4.48. The van der Waals surface area contributed by atoms with Gasteiger partial charge in [0.15, 0.2) is 0 Å². The largest absolute Gasteiger partial charge is 0.462 e. The van der Waals surface area contributed by atoms with Gasteiger partial charge in [-0.25, -0.2) is 9.59 Å². The molecule has 8 nitrogen and oxygen atoms in total. The summed E-state index contributed by atoms with van der Waals surface area (Å²) in [5.41, 5.74) is 0.627. The highest BCUT2D eigenvalue weighted by Gasteiger charge is 2.29. The van der Waals surface area contributed by atoms with Crippen LogP contribution in [-0.4, -0.2) is 40.3 Å². The fourth-order valence-electron chi connectivity index (χ4n) is 2.34. The lowest BCUT2D eigenvalue weighted by Gasteiger charge is -2.10. The first-order valence-corrected chi connectivity index (χ1v) is 9.37. The van der Waals surface area contributed by atoms with Crippen molar-refractivity contribution in [1.82, 2.24) is 9.78 Å². The molecule has 0 aromatic carbocycles. The molecule has 2 rings (SSSR count). The van der Waals surface area contributed by atoms with Gasteiger partial charge in [0, 0.05) is 7.05 Å². The number of anilines is 1. The lowest BCUT2D eigenvalue weighted by Crippen LogP contribution is -2.19. The fraction of sp³-hybridized carbons (Fsp3) is 0.412. The van der Waals surface area contributed by atoms with Gasteiger partial charge >= 0.3 is 11.9 Å². The number of nitrogens with zero attached hydrogens (tertiary/aromatic N) is 2. The molecular formula is C17H20ClN3O5S. The van der Waals surface area contributed by atoms with Crippen molar-refractivity contribution in [2.75, 3.05) is 11.9 Å². The van der Waals surface area contributed by atoms with Gasteiger partial charge in [-0.2, -0.15) is 5.10 Å². The van der Waals surface area contributed by atoms with Gasteiger partial charge in [0.05, 0.1) is 29.5 Å². The van der Waals surface area contributed by atoms with Gasteiger partial charge < -0.3 is 14.8 Å². The number of carbonyl (C=O) groups is 3. The summed E-state index contributed by atoms with van der Waals surface area (Å²) in [6, 6.07) is 0. The maximum atomic E-state index is 12.6. The highest BCUT2D eigenvalue weighted by atomic mass is 35.5. The summed E-state index contributed by atoms with van der Waals surface area (Å²) in [7, 11) is 1.57. The summed E-state index contributed by atoms with van der Waals surface area (Å²) >= 11 is 6.95. The zero-order valence-electron chi connectivity index (χ0n) is 15.6. The molecule has 0 spiro atoms. The predicted molar refractivity (Wildman–Crippen MR) is 102 cm³/mol. The number of esters is 2. The van der Waals surface area contributed by atoms with Crippen LogP contribution < -0.4 is 5.32 Å². The minimum absolute atomic E-state index is 0.114. The predicted octanol–water partition coefficient (Wildman–Crippen LogP) is 3.44. The topological polar surface area (TPSA) is 99.5 Å². The van der Waals surface area contributed by atoms with Crippen molar-refractivity contribution in [3.05, 3.63) is 32.9 Å². The van der Waals surface area contributed by atoms with Gasteiger partial charge in [-0.1, -0.05) is 11.6 Å². The van der Waals surface area contributed by atoms with Crippen LogP contribution in [0.5, 0.6) is 0 Å². The molecule has 0 saturated carbocycles. The van der Waals surface area contributed by atoms with Crippen molar-refractivity contribution in [1.29, 1.82) is 0 Å². The first-order chi connectivity index (χ1) is 12.7. The van der Waals surface area contributed by atoms with Crippen LogP contribution in [-0.2, 0) is 16.5 Å². The smallest absolute Gasteiger partial charge is 0.348 e. The zero-order chi connectivity index (χ0) is 20.3. The number of amides is 1. The quantitative estimate of drug-likeness (QED) is 0.728. The van der Waals surface area contributed by atoms with E-state index in [0.717, 1.165) is 11.3 Å². The zero-order valence-corrected chi connectivity index (χ0v) is 17.2. The molecule has 0 saturated heterocycles. The van der Waals surface area contributed by atoms with Gasteiger partial charge in [-0.15, -0.1) is 11.3 Å². The summed E-state index contributed by atoms with van der Waals surface area (Å²) < 4.78 is 11.6. The van der Waals surface area contributed by atoms with E-state index < -0.39 is 17.8 Å². The first-order valence-electron chi connectivity index (χ1n) is 8.17. The number of thiophene rings is 1. The molecule has 0 aliphatic heterocycles. The fourth-order valence-corrected chi connectivity index (χ4v) is 3.68. The second kappa shape index (κ2) is 8.53. The van der Waals surface area contributed by atoms with E-state index in [1.165, 1.54) is 10.9 Å². The summed E-state index contributed by atoms with van der Waals surface area (Å²) in [4.78, 5) is 37.5. The van der Waals surface area contributed by atoms with E-state index in [0.29, 0.717) is 5.56 Å². The van der Waals surface area contributed by atoms with Crippen LogP contribution >= 0.6 is 22.9 Å². The maximum Gasteiger partial charge on any atom is 0.348 e. The number of nitrogens with one attached hydrogen (secondary N) is 1. The molecule has 0 aliphatic carbocycles. The number of rotatable bonds is 6. The highest BCUT2D eigenvalue weighted by Crippen LogP contribution is 2.35. The van der Waals surface area contributed by atoms with Crippen LogP contribution in [0, 0.1) is 6.92 Å². The minimum Gasteiger partial charge on any atom is -0.462 e. The Morgan fingerprint density at radius 3 is 2.52 bits per heavy atom. The number of halogens is 1. The second-order valence-electron chi connectivity index (χ2n) is 5.85. The van der Waals surface area contributed by atoms with Crippen molar-refractivity contribution < 1.29 is 23.9 Å². The highest BCUT2D eigenvalue weighted by molar-refractivity contribution is 7.18. The van der Waals surface area contributed by atoms with Crippen LogP contribution in [0.15, 0.2) is 6.20 Å². The van der Waals surface area contributed by atoms with Crippen LogP contribution in [0.25, 0.3) is 0 Å². The van der Waals surface area contributed by atoms with Gasteiger partial charge in [0.1, 0.15) is 15.6 Å². The number of aryl methyl sites for hydroxylation is 1. The molecular weight excluding hydrogens is 394 g/mol. The number of carbonyl (C=O) groups excluding carboxylic acids is 3. The third-order valence-corrected chi connectivity index (χ3v) is 4.95. The Kier molecular flexibility index (Phi) is 6.61. The van der Waals surface area contributed by atoms with Crippen molar-refractivity contribution in [3.63, 3.8) is 0 Å². The van der Waals surface area contributed by atoms with Crippen LogP contribution in [0.2, 0.25) is 5.02 Å². The van der Waals surface area contributed by atoms with Gasteiger partial charge in [0.2, 0.25) is 0 Å². The Morgan fingerprint density at radius 1 is 1.33 bits per heavy atom. The molecule has 2 aromatic heterocycles. The van der Waals surface area contributed by atoms with Crippen LogP contribution in [0.4, 0.5) is 5.00 Å². The Labute approximate surface area is 165 Å². The first kappa shape index (κ1) is 20.9. The van der Waals surface area contributed by atoms with E-state index in [1.54, 1.807) is 34.7 Å². The molecule has 0 radical (unpaired) electrons. The lowest BCUT2D eigenvalue weighted by atomic mass is 10.1. The van der Waals surface area contributed by atoms with E-state index in [1.807, 2.05) is 0 Å². The molecule has 0 unspecified atom stereocenters. The third-order valence-electron chi connectivity index (χ3n) is 3.49. The van der Waals surface area contributed by atoms with E-state index >= 15 is 0 Å². The molecule has 27 heavy (non-hydrogen) atoms. The Morgan fingerprint density at radius 2 is 2.00 bits per heavy atom. The normalized spacial score (nSPS) is 10.8. The monoisotopic (exact) mass is 413 g/mol. The lowest BCUT2D eigenvalue weighted by molar-refractivity contribution is 0.0379. The minimum atomic E-state index is -0.638. The average molecular weight is 414 g/mol. The molecule has 0 bridgehead atoms. The summed E-state index contributed by atoms with van der Waals surface area (Å²) in [5, 5.41) is 6.90. The summed E-state index contributed by atoms with van der Waals surface area (Å²) in [6.45, 7) is 6.89. The van der Waals surface area contributed by atoms with E-state index in [2.05, 4.69) is 10.4 Å². The van der Waals surface area contributed by atoms with Crippen molar-refractivity contribution in [2.24, 2.45) is 7.05 Å². The SMILES string of the molecule is CCOC(=O)c1sc(NC(=O)c2c(Cl)cnn2C)c(C(=O)OC(C)C)c1C. The Hall–Kier alpha value is -2.39. The standard InChI is InChI=1S/C17H20ClN3O5S/c1-6-25-17(24)13-9(4)11(16(23)26-8(2)3)15(27-13)20-14(22)12-10(18)7-19-21(12)5/h7-8H,6H2,1-5H3,(H,20,22). The molecule has 10 heteroatoms. The van der Waals surface area contributed by atoms with Gasteiger partial charge in [0.25, 0.3) is 5.91 Å². The van der Waals surface area contributed by atoms with Gasteiger partial charge in [-0.3, -0.25) is 9.48 Å². The molecule has 146 valence electrons. The molecule has 1 amide bonds. The van der Waals surface area contributed by atoms with Crippen molar-refractivity contribution in [2.45, 2.75) is 33.8 Å². The average Bonchev–Trinajstić information content (AvgIpc) is 3.06. The summed E-state index contributed by atoms with van der Waals surface area (Å²) in [6.07, 6.45) is 0.978. The van der Waals surface area contributed by atoms with E-state index in [9.17, 15) is 14.4 Å². The Bertz CT molecular complexity index is 868.